The zero-order valence-electron chi connectivity index (χ0n) is 14.3. The first-order chi connectivity index (χ1) is 13.0. The van der Waals surface area contributed by atoms with Crippen LogP contribution in [0.3, 0.4) is 0 Å². The molecule has 2 aromatic carbocycles. The quantitative estimate of drug-likeness (QED) is 0.415. The maximum absolute atomic E-state index is 11.6. The maximum Gasteiger partial charge on any atom is 0.373 e. The smallest absolute Gasteiger partial charge is 0.373 e. The molecule has 27 heavy (non-hydrogen) atoms. The fraction of sp³-hybridized carbons (Fsp3) is 0.167. The Labute approximate surface area is 153 Å². The van der Waals surface area contributed by atoms with Crippen LogP contribution < -0.4 is 14.2 Å². The lowest BCUT2D eigenvalue weighted by molar-refractivity contribution is -0.140. The molecule has 1 N–H and O–H groups in total. The van der Waals surface area contributed by atoms with Crippen LogP contribution in [0, 0.1) is 0 Å². The highest BCUT2D eigenvalue weighted by atomic mass is 16.7. The van der Waals surface area contributed by atoms with Crippen LogP contribution in [-0.4, -0.2) is 39.5 Å². The third kappa shape index (κ3) is 3.10. The summed E-state index contributed by atoms with van der Waals surface area (Å²) in [5.74, 6) is 0.512. The summed E-state index contributed by atoms with van der Waals surface area (Å²) < 4.78 is 20.8. The Morgan fingerprint density at radius 3 is 2.74 bits per heavy atom. The first-order valence-corrected chi connectivity index (χ1v) is 8.09. The van der Waals surface area contributed by atoms with Crippen LogP contribution in [0.1, 0.15) is 6.92 Å². The van der Waals surface area contributed by atoms with Gasteiger partial charge in [0.2, 0.25) is 12.6 Å². The van der Waals surface area contributed by atoms with E-state index in [1.807, 2.05) is 0 Å². The van der Waals surface area contributed by atoms with Gasteiger partial charge in [-0.05, 0) is 25.6 Å². The SMILES string of the molecule is C=C(Oc1ccc2nn(-c3cc4c(cc3O)OCO4)nc2c1)C(=O)OCC. The van der Waals surface area contributed by atoms with Crippen molar-refractivity contribution in [3.63, 3.8) is 0 Å². The molecule has 1 aliphatic heterocycles. The highest BCUT2D eigenvalue weighted by Gasteiger charge is 2.19. The number of benzene rings is 2. The number of hydrogen-bond acceptors (Lipinski definition) is 8. The van der Waals surface area contributed by atoms with Crippen LogP contribution in [0.15, 0.2) is 42.7 Å². The molecule has 1 aromatic heterocycles. The van der Waals surface area contributed by atoms with Gasteiger partial charge in [0.05, 0.1) is 6.61 Å². The molecule has 0 amide bonds. The average Bonchev–Trinajstić information content (AvgIpc) is 3.26. The van der Waals surface area contributed by atoms with Gasteiger partial charge in [-0.3, -0.25) is 0 Å². The number of phenols is 1. The Kier molecular flexibility index (Phi) is 4.03. The van der Waals surface area contributed by atoms with E-state index < -0.39 is 5.97 Å². The number of rotatable bonds is 5. The molecule has 1 aliphatic rings. The van der Waals surface area contributed by atoms with Gasteiger partial charge in [0.15, 0.2) is 11.5 Å². The van der Waals surface area contributed by atoms with Crippen molar-refractivity contribution in [2.75, 3.05) is 13.4 Å². The van der Waals surface area contributed by atoms with Gasteiger partial charge in [0.1, 0.15) is 28.2 Å². The summed E-state index contributed by atoms with van der Waals surface area (Å²) in [6, 6.07) is 7.95. The molecule has 0 atom stereocenters. The van der Waals surface area contributed by atoms with Crippen molar-refractivity contribution < 1.29 is 28.8 Å². The Hall–Kier alpha value is -3.75. The number of aromatic hydroxyl groups is 1. The number of esters is 1. The number of nitrogens with zero attached hydrogens (tertiary/aromatic N) is 3. The number of ether oxygens (including phenoxy) is 4. The minimum absolute atomic E-state index is 0.0493. The number of carbonyl (C=O) groups is 1. The van der Waals surface area contributed by atoms with Gasteiger partial charge in [0.25, 0.3) is 0 Å². The van der Waals surface area contributed by atoms with E-state index in [0.717, 1.165) is 0 Å². The lowest BCUT2D eigenvalue weighted by atomic mass is 10.2. The van der Waals surface area contributed by atoms with Gasteiger partial charge in [0, 0.05) is 18.2 Å². The standard InChI is InChI=1S/C18H15N3O6/c1-3-24-18(23)10(2)27-11-4-5-12-13(6-11)20-21(19-12)14-7-16-17(8-15(14)22)26-9-25-16/h4-8,22H,2-3,9H2,1H3. The molecular weight excluding hydrogens is 354 g/mol. The Morgan fingerprint density at radius 2 is 1.96 bits per heavy atom. The summed E-state index contributed by atoms with van der Waals surface area (Å²) >= 11 is 0. The van der Waals surface area contributed by atoms with Crippen molar-refractivity contribution in [3.05, 3.63) is 42.7 Å². The molecule has 0 radical (unpaired) electrons. The molecule has 0 saturated carbocycles. The zero-order chi connectivity index (χ0) is 19.0. The van der Waals surface area contributed by atoms with Crippen molar-refractivity contribution in [1.82, 2.24) is 15.0 Å². The van der Waals surface area contributed by atoms with Crippen LogP contribution in [0.5, 0.6) is 23.0 Å². The molecule has 0 aliphatic carbocycles. The number of hydrogen-bond donors (Lipinski definition) is 1. The topological polar surface area (TPSA) is 105 Å². The molecule has 9 heteroatoms. The molecule has 2 heterocycles. The highest BCUT2D eigenvalue weighted by Crippen LogP contribution is 2.39. The molecule has 0 spiro atoms. The fourth-order valence-electron chi connectivity index (χ4n) is 2.54. The molecule has 3 aromatic rings. The molecule has 138 valence electrons. The van der Waals surface area contributed by atoms with Crippen molar-refractivity contribution in [2.24, 2.45) is 0 Å². The van der Waals surface area contributed by atoms with E-state index in [2.05, 4.69) is 16.8 Å². The Bertz CT molecular complexity index is 1060. The summed E-state index contributed by atoms with van der Waals surface area (Å²) in [6.07, 6.45) is 0. The number of phenolic OH excluding ortho intramolecular Hbond substituents is 1. The molecule has 0 fully saturated rings. The van der Waals surface area contributed by atoms with Crippen LogP contribution >= 0.6 is 0 Å². The second kappa shape index (κ2) is 6.52. The Morgan fingerprint density at radius 1 is 1.22 bits per heavy atom. The summed E-state index contributed by atoms with van der Waals surface area (Å²) in [5, 5.41) is 18.9. The Balaban J connectivity index is 1.64. The lowest BCUT2D eigenvalue weighted by Crippen LogP contribution is -2.11. The first kappa shape index (κ1) is 16.7. The molecular formula is C18H15N3O6. The van der Waals surface area contributed by atoms with Crippen molar-refractivity contribution >= 4 is 17.0 Å². The van der Waals surface area contributed by atoms with E-state index in [1.165, 1.54) is 10.9 Å². The highest BCUT2D eigenvalue weighted by molar-refractivity contribution is 5.86. The minimum Gasteiger partial charge on any atom is -0.505 e. The largest absolute Gasteiger partial charge is 0.505 e. The molecule has 0 unspecified atom stereocenters. The molecule has 9 nitrogen and oxygen atoms in total. The van der Waals surface area contributed by atoms with Gasteiger partial charge >= 0.3 is 5.97 Å². The molecule has 0 saturated heterocycles. The second-order valence-corrected chi connectivity index (χ2v) is 5.58. The normalized spacial score (nSPS) is 12.2. The van der Waals surface area contributed by atoms with Crippen LogP contribution in [0.2, 0.25) is 0 Å². The van der Waals surface area contributed by atoms with E-state index in [1.54, 1.807) is 31.2 Å². The van der Waals surface area contributed by atoms with Crippen LogP contribution in [-0.2, 0) is 9.53 Å². The minimum atomic E-state index is -0.633. The first-order valence-electron chi connectivity index (χ1n) is 8.09. The van der Waals surface area contributed by atoms with E-state index in [9.17, 15) is 9.90 Å². The lowest BCUT2D eigenvalue weighted by Gasteiger charge is -2.07. The average molecular weight is 369 g/mol. The van der Waals surface area contributed by atoms with Gasteiger partial charge in [-0.2, -0.15) is 0 Å². The number of aromatic nitrogens is 3. The van der Waals surface area contributed by atoms with Gasteiger partial charge in [-0.1, -0.05) is 0 Å². The van der Waals surface area contributed by atoms with E-state index >= 15 is 0 Å². The van der Waals surface area contributed by atoms with Crippen molar-refractivity contribution in [3.8, 4) is 28.7 Å². The summed E-state index contributed by atoms with van der Waals surface area (Å²) in [5.41, 5.74) is 1.41. The molecule has 4 rings (SSSR count). The van der Waals surface area contributed by atoms with Gasteiger partial charge < -0.3 is 24.1 Å². The van der Waals surface area contributed by atoms with E-state index in [0.29, 0.717) is 34.0 Å². The maximum atomic E-state index is 11.6. The van der Waals surface area contributed by atoms with E-state index in [-0.39, 0.29) is 24.9 Å². The second-order valence-electron chi connectivity index (χ2n) is 5.58. The summed E-state index contributed by atoms with van der Waals surface area (Å²) in [6.45, 7) is 5.57. The van der Waals surface area contributed by atoms with Crippen molar-refractivity contribution in [2.45, 2.75) is 6.92 Å². The van der Waals surface area contributed by atoms with Gasteiger partial charge in [-0.15, -0.1) is 15.0 Å². The van der Waals surface area contributed by atoms with Crippen LogP contribution in [0.25, 0.3) is 16.7 Å². The van der Waals surface area contributed by atoms with Gasteiger partial charge in [-0.25, -0.2) is 4.79 Å². The van der Waals surface area contributed by atoms with Crippen molar-refractivity contribution in [1.29, 1.82) is 0 Å². The third-order valence-electron chi connectivity index (χ3n) is 3.78. The fourth-order valence-corrected chi connectivity index (χ4v) is 2.54. The summed E-state index contributed by atoms with van der Waals surface area (Å²) in [7, 11) is 0. The third-order valence-corrected chi connectivity index (χ3v) is 3.78. The number of carbonyl (C=O) groups excluding carboxylic acids is 1. The molecule has 0 bridgehead atoms. The summed E-state index contributed by atoms with van der Waals surface area (Å²) in [4.78, 5) is 12.9. The number of fused-ring (bicyclic) bond motifs is 2. The predicted molar refractivity (Wildman–Crippen MR) is 93.1 cm³/mol. The monoisotopic (exact) mass is 369 g/mol. The predicted octanol–water partition coefficient (Wildman–Crippen LogP) is 2.31. The van der Waals surface area contributed by atoms with E-state index in [4.69, 9.17) is 18.9 Å². The zero-order valence-corrected chi connectivity index (χ0v) is 14.3. The van der Waals surface area contributed by atoms with Crippen LogP contribution in [0.4, 0.5) is 0 Å².